The van der Waals surface area contributed by atoms with Crippen LogP contribution in [0.25, 0.3) is 0 Å². The number of carbonyl (C=O) groups excluding carboxylic acids is 2. The fourth-order valence-electron chi connectivity index (χ4n) is 2.57. The SMILES string of the molecule is O=C(OCC(=O)N1CCN(c2cccc(Cl)c2)CC1)c1ccoc1. The molecule has 2 heterocycles. The van der Waals surface area contributed by atoms with Gasteiger partial charge in [-0.25, -0.2) is 4.79 Å². The number of anilines is 1. The Morgan fingerprint density at radius 2 is 1.96 bits per heavy atom. The molecule has 1 aliphatic heterocycles. The number of esters is 1. The molecule has 0 N–H and O–H groups in total. The quantitative estimate of drug-likeness (QED) is 0.794. The molecule has 0 unspecified atom stereocenters. The molecule has 6 nitrogen and oxygen atoms in total. The lowest BCUT2D eigenvalue weighted by atomic mass is 10.2. The molecular weight excluding hydrogens is 332 g/mol. The second-order valence-electron chi connectivity index (χ2n) is 5.44. The Morgan fingerprint density at radius 1 is 1.17 bits per heavy atom. The van der Waals surface area contributed by atoms with E-state index >= 15 is 0 Å². The predicted molar refractivity (Wildman–Crippen MR) is 89.2 cm³/mol. The van der Waals surface area contributed by atoms with Crippen molar-refractivity contribution in [1.82, 2.24) is 4.90 Å². The molecular formula is C17H17ClN2O4. The maximum atomic E-state index is 12.2. The van der Waals surface area contributed by atoms with Gasteiger partial charge in [-0.2, -0.15) is 0 Å². The van der Waals surface area contributed by atoms with Gasteiger partial charge >= 0.3 is 5.97 Å². The van der Waals surface area contributed by atoms with Crippen LogP contribution in [0.5, 0.6) is 0 Å². The average molecular weight is 349 g/mol. The van der Waals surface area contributed by atoms with Crippen LogP contribution < -0.4 is 4.90 Å². The number of benzene rings is 1. The third-order valence-electron chi connectivity index (χ3n) is 3.89. The first-order chi connectivity index (χ1) is 11.6. The van der Waals surface area contributed by atoms with Crippen LogP contribution in [-0.4, -0.2) is 49.6 Å². The van der Waals surface area contributed by atoms with E-state index in [0.29, 0.717) is 36.8 Å². The number of rotatable bonds is 4. The summed E-state index contributed by atoms with van der Waals surface area (Å²) in [5.41, 5.74) is 1.34. The molecule has 1 aromatic carbocycles. The first-order valence-electron chi connectivity index (χ1n) is 7.61. The van der Waals surface area contributed by atoms with Gasteiger partial charge in [-0.1, -0.05) is 17.7 Å². The fraction of sp³-hybridized carbons (Fsp3) is 0.294. The lowest BCUT2D eigenvalue weighted by Gasteiger charge is -2.36. The molecule has 3 rings (SSSR count). The second kappa shape index (κ2) is 7.40. The van der Waals surface area contributed by atoms with Gasteiger partial charge in [0.05, 0.1) is 11.8 Å². The zero-order valence-corrected chi connectivity index (χ0v) is 13.7. The minimum atomic E-state index is -0.560. The van der Waals surface area contributed by atoms with Gasteiger partial charge in [0.25, 0.3) is 5.91 Å². The Kier molecular flexibility index (Phi) is 5.05. The number of hydrogen-bond donors (Lipinski definition) is 0. The Balaban J connectivity index is 1.47. The lowest BCUT2D eigenvalue weighted by molar-refractivity contribution is -0.134. The molecule has 0 atom stereocenters. The van der Waals surface area contributed by atoms with Crippen molar-refractivity contribution in [3.63, 3.8) is 0 Å². The number of hydrogen-bond acceptors (Lipinski definition) is 5. The lowest BCUT2D eigenvalue weighted by Crippen LogP contribution is -2.49. The van der Waals surface area contributed by atoms with Gasteiger partial charge in [0.2, 0.25) is 0 Å². The summed E-state index contributed by atoms with van der Waals surface area (Å²) in [5, 5.41) is 0.692. The molecule has 0 aliphatic carbocycles. The van der Waals surface area contributed by atoms with E-state index in [1.54, 1.807) is 4.90 Å². The van der Waals surface area contributed by atoms with Crippen LogP contribution in [0.15, 0.2) is 47.3 Å². The highest BCUT2D eigenvalue weighted by Crippen LogP contribution is 2.20. The highest BCUT2D eigenvalue weighted by molar-refractivity contribution is 6.30. The summed E-state index contributed by atoms with van der Waals surface area (Å²) in [6, 6.07) is 9.14. The van der Waals surface area contributed by atoms with Crippen LogP contribution >= 0.6 is 11.6 Å². The van der Waals surface area contributed by atoms with Gasteiger partial charge in [0.15, 0.2) is 6.61 Å². The van der Waals surface area contributed by atoms with Crippen molar-refractivity contribution in [2.24, 2.45) is 0 Å². The van der Waals surface area contributed by atoms with Gasteiger partial charge in [-0.05, 0) is 24.3 Å². The Morgan fingerprint density at radius 3 is 2.62 bits per heavy atom. The molecule has 0 spiro atoms. The summed E-state index contributed by atoms with van der Waals surface area (Å²) in [6.45, 7) is 2.31. The van der Waals surface area contributed by atoms with Crippen molar-refractivity contribution >= 4 is 29.2 Å². The number of carbonyl (C=O) groups is 2. The second-order valence-corrected chi connectivity index (χ2v) is 5.87. The van der Waals surface area contributed by atoms with Crippen molar-refractivity contribution in [3.8, 4) is 0 Å². The predicted octanol–water partition coefficient (Wildman–Crippen LogP) is 2.44. The number of piperazine rings is 1. The van der Waals surface area contributed by atoms with Crippen LogP contribution in [0.3, 0.4) is 0 Å². The maximum absolute atomic E-state index is 12.2. The van der Waals surface area contributed by atoms with Crippen molar-refractivity contribution in [1.29, 1.82) is 0 Å². The molecule has 2 aromatic rings. The highest BCUT2D eigenvalue weighted by atomic mass is 35.5. The summed E-state index contributed by atoms with van der Waals surface area (Å²) >= 11 is 6.01. The van der Waals surface area contributed by atoms with Gasteiger partial charge in [0.1, 0.15) is 6.26 Å². The Bertz CT molecular complexity index is 709. The summed E-state index contributed by atoms with van der Waals surface area (Å²) in [5.74, 6) is -0.757. The zero-order valence-electron chi connectivity index (χ0n) is 13.0. The molecule has 1 aromatic heterocycles. The molecule has 1 saturated heterocycles. The molecule has 1 aliphatic rings. The summed E-state index contributed by atoms with van der Waals surface area (Å²) < 4.78 is 9.82. The number of nitrogens with zero attached hydrogens (tertiary/aromatic N) is 2. The van der Waals surface area contributed by atoms with E-state index in [-0.39, 0.29) is 12.5 Å². The first kappa shape index (κ1) is 16.4. The zero-order chi connectivity index (χ0) is 16.9. The van der Waals surface area contributed by atoms with Crippen LogP contribution in [0, 0.1) is 0 Å². The van der Waals surface area contributed by atoms with E-state index in [9.17, 15) is 9.59 Å². The number of ether oxygens (including phenoxy) is 1. The Labute approximate surface area is 144 Å². The minimum absolute atomic E-state index is 0.197. The minimum Gasteiger partial charge on any atom is -0.472 e. The number of halogens is 1. The third-order valence-corrected chi connectivity index (χ3v) is 4.12. The van der Waals surface area contributed by atoms with Crippen LogP contribution in [0.2, 0.25) is 5.02 Å². The summed E-state index contributed by atoms with van der Waals surface area (Å²) in [4.78, 5) is 27.7. The van der Waals surface area contributed by atoms with Crippen LogP contribution in [0.1, 0.15) is 10.4 Å². The van der Waals surface area contributed by atoms with E-state index in [2.05, 4.69) is 4.90 Å². The van der Waals surface area contributed by atoms with Gasteiger partial charge in [0, 0.05) is 36.9 Å². The molecule has 0 saturated carbocycles. The van der Waals surface area contributed by atoms with Crippen LogP contribution in [0.4, 0.5) is 5.69 Å². The van der Waals surface area contributed by atoms with E-state index in [4.69, 9.17) is 20.8 Å². The smallest absolute Gasteiger partial charge is 0.341 e. The molecule has 24 heavy (non-hydrogen) atoms. The third kappa shape index (κ3) is 3.89. The van der Waals surface area contributed by atoms with E-state index in [1.165, 1.54) is 18.6 Å². The van der Waals surface area contributed by atoms with E-state index in [0.717, 1.165) is 5.69 Å². The number of furan rings is 1. The Hall–Kier alpha value is -2.47. The fourth-order valence-corrected chi connectivity index (χ4v) is 2.75. The molecule has 126 valence electrons. The first-order valence-corrected chi connectivity index (χ1v) is 7.99. The topological polar surface area (TPSA) is 63.0 Å². The van der Waals surface area contributed by atoms with E-state index in [1.807, 2.05) is 24.3 Å². The molecule has 0 radical (unpaired) electrons. The molecule has 0 bridgehead atoms. The molecule has 7 heteroatoms. The van der Waals surface area contributed by atoms with Crippen molar-refractivity contribution < 1.29 is 18.7 Å². The van der Waals surface area contributed by atoms with Gasteiger partial charge in [-0.15, -0.1) is 0 Å². The van der Waals surface area contributed by atoms with Crippen LogP contribution in [-0.2, 0) is 9.53 Å². The van der Waals surface area contributed by atoms with Crippen molar-refractivity contribution in [2.75, 3.05) is 37.7 Å². The largest absolute Gasteiger partial charge is 0.472 e. The monoisotopic (exact) mass is 348 g/mol. The highest BCUT2D eigenvalue weighted by Gasteiger charge is 2.22. The van der Waals surface area contributed by atoms with Crippen molar-refractivity contribution in [2.45, 2.75) is 0 Å². The van der Waals surface area contributed by atoms with Gasteiger partial charge < -0.3 is 19.0 Å². The summed E-state index contributed by atoms with van der Waals surface area (Å²) in [6.07, 6.45) is 2.67. The number of amides is 1. The standard InChI is InChI=1S/C17H17ClN2O4/c18-14-2-1-3-15(10-14)19-5-7-20(8-6-19)16(21)12-24-17(22)13-4-9-23-11-13/h1-4,9-11H,5-8,12H2. The average Bonchev–Trinajstić information content (AvgIpc) is 3.14. The van der Waals surface area contributed by atoms with E-state index < -0.39 is 5.97 Å². The maximum Gasteiger partial charge on any atom is 0.341 e. The van der Waals surface area contributed by atoms with Gasteiger partial charge in [-0.3, -0.25) is 4.79 Å². The normalized spacial score (nSPS) is 14.5. The van der Waals surface area contributed by atoms with Crippen molar-refractivity contribution in [3.05, 3.63) is 53.4 Å². The molecule has 1 fully saturated rings. The molecule has 1 amide bonds. The summed E-state index contributed by atoms with van der Waals surface area (Å²) in [7, 11) is 0.